The predicted molar refractivity (Wildman–Crippen MR) is 89.2 cm³/mol. The number of aromatic hydroxyl groups is 2. The first-order valence-electron chi connectivity index (χ1n) is 5.58. The highest BCUT2D eigenvalue weighted by molar-refractivity contribution is 6.49. The Labute approximate surface area is 150 Å². The highest BCUT2D eigenvalue weighted by atomic mass is 35.5. The van der Waals surface area contributed by atoms with Gasteiger partial charge in [0.2, 0.25) is 0 Å². The number of benzene rings is 2. The second kappa shape index (κ2) is 6.60. The number of carbonyl (C=O) groups excluding carboxylic acids is 1. The number of phenols is 2. The maximum atomic E-state index is 12.2. The van der Waals surface area contributed by atoms with Crippen LogP contribution < -0.4 is 5.32 Å². The predicted octanol–water partition coefficient (Wildman–Crippen LogP) is 5.62. The molecule has 22 heavy (non-hydrogen) atoms. The van der Waals surface area contributed by atoms with Crippen molar-refractivity contribution in [3.05, 3.63) is 48.9 Å². The average Bonchev–Trinajstić information content (AvgIpc) is 2.41. The van der Waals surface area contributed by atoms with Crippen LogP contribution in [0.25, 0.3) is 0 Å². The molecule has 3 N–H and O–H groups in total. The summed E-state index contributed by atoms with van der Waals surface area (Å²) in [6.45, 7) is 0. The SMILES string of the molecule is O=C(Nc1cc(Cl)cc(Cl)c1O)c1c(O)cc(Cl)c(Cl)c1Cl. The van der Waals surface area contributed by atoms with Crippen molar-refractivity contribution in [1.82, 2.24) is 0 Å². The van der Waals surface area contributed by atoms with Crippen LogP contribution in [0.2, 0.25) is 25.1 Å². The largest absolute Gasteiger partial charge is 0.507 e. The molecule has 0 atom stereocenters. The van der Waals surface area contributed by atoms with E-state index in [1.54, 1.807) is 0 Å². The summed E-state index contributed by atoms with van der Waals surface area (Å²) in [6, 6.07) is 3.66. The van der Waals surface area contributed by atoms with E-state index in [1.165, 1.54) is 12.1 Å². The molecule has 0 aliphatic carbocycles. The highest BCUT2D eigenvalue weighted by Gasteiger charge is 2.22. The Kier molecular flexibility index (Phi) is 5.20. The molecular formula is C13H6Cl5NO3. The van der Waals surface area contributed by atoms with Crippen molar-refractivity contribution in [2.75, 3.05) is 5.32 Å². The van der Waals surface area contributed by atoms with Gasteiger partial charge in [-0.05, 0) is 12.1 Å². The molecule has 0 aliphatic rings. The van der Waals surface area contributed by atoms with Crippen molar-refractivity contribution in [2.45, 2.75) is 0 Å². The monoisotopic (exact) mass is 399 g/mol. The van der Waals surface area contributed by atoms with Gasteiger partial charge in [0.15, 0.2) is 5.75 Å². The van der Waals surface area contributed by atoms with Gasteiger partial charge in [0, 0.05) is 11.1 Å². The van der Waals surface area contributed by atoms with E-state index in [0.29, 0.717) is 0 Å². The van der Waals surface area contributed by atoms with E-state index >= 15 is 0 Å². The van der Waals surface area contributed by atoms with Gasteiger partial charge in [-0.25, -0.2) is 0 Å². The summed E-state index contributed by atoms with van der Waals surface area (Å²) in [5.74, 6) is -1.67. The lowest BCUT2D eigenvalue weighted by Gasteiger charge is -2.12. The smallest absolute Gasteiger partial charge is 0.261 e. The molecule has 0 aliphatic heterocycles. The minimum absolute atomic E-state index is 0.00522. The lowest BCUT2D eigenvalue weighted by molar-refractivity contribution is 0.102. The summed E-state index contributed by atoms with van der Waals surface area (Å²) >= 11 is 29.0. The number of nitrogens with one attached hydrogen (secondary N) is 1. The van der Waals surface area contributed by atoms with Crippen LogP contribution >= 0.6 is 58.0 Å². The van der Waals surface area contributed by atoms with Crippen LogP contribution in [-0.2, 0) is 0 Å². The van der Waals surface area contributed by atoms with Crippen molar-refractivity contribution in [1.29, 1.82) is 0 Å². The van der Waals surface area contributed by atoms with E-state index in [4.69, 9.17) is 58.0 Å². The van der Waals surface area contributed by atoms with Crippen LogP contribution in [0.5, 0.6) is 11.5 Å². The van der Waals surface area contributed by atoms with Crippen LogP contribution in [0.3, 0.4) is 0 Å². The molecule has 0 saturated carbocycles. The number of anilines is 1. The Morgan fingerprint density at radius 2 is 1.55 bits per heavy atom. The van der Waals surface area contributed by atoms with E-state index in [-0.39, 0.29) is 42.1 Å². The van der Waals surface area contributed by atoms with E-state index in [0.717, 1.165) is 6.07 Å². The van der Waals surface area contributed by atoms with Crippen LogP contribution in [0.4, 0.5) is 5.69 Å². The summed E-state index contributed by atoms with van der Waals surface area (Å²) < 4.78 is 0. The molecule has 0 saturated heterocycles. The lowest BCUT2D eigenvalue weighted by atomic mass is 10.1. The molecule has 0 aromatic heterocycles. The topological polar surface area (TPSA) is 69.6 Å². The van der Waals surface area contributed by atoms with Gasteiger partial charge >= 0.3 is 0 Å². The van der Waals surface area contributed by atoms with Crippen LogP contribution in [0, 0.1) is 0 Å². The van der Waals surface area contributed by atoms with E-state index in [9.17, 15) is 15.0 Å². The molecule has 1 amide bonds. The third-order valence-electron chi connectivity index (χ3n) is 2.64. The molecule has 2 aromatic carbocycles. The van der Waals surface area contributed by atoms with Crippen LogP contribution in [0.15, 0.2) is 18.2 Å². The van der Waals surface area contributed by atoms with Crippen molar-refractivity contribution in [2.24, 2.45) is 0 Å². The number of hydrogen-bond donors (Lipinski definition) is 3. The fourth-order valence-corrected chi connectivity index (χ4v) is 2.82. The Bertz CT molecular complexity index is 779. The van der Waals surface area contributed by atoms with Crippen molar-refractivity contribution in [3.63, 3.8) is 0 Å². The molecular weight excluding hydrogens is 395 g/mol. The van der Waals surface area contributed by atoms with Gasteiger partial charge in [-0.2, -0.15) is 0 Å². The van der Waals surface area contributed by atoms with Crippen LogP contribution in [0.1, 0.15) is 10.4 Å². The molecule has 0 spiro atoms. The van der Waals surface area contributed by atoms with Crippen LogP contribution in [-0.4, -0.2) is 16.1 Å². The van der Waals surface area contributed by atoms with Gasteiger partial charge in [-0.1, -0.05) is 58.0 Å². The molecule has 0 fully saturated rings. The number of carbonyl (C=O) groups is 1. The van der Waals surface area contributed by atoms with Gasteiger partial charge < -0.3 is 15.5 Å². The molecule has 9 heteroatoms. The van der Waals surface area contributed by atoms with Gasteiger partial charge in [0.25, 0.3) is 5.91 Å². The zero-order valence-electron chi connectivity index (χ0n) is 10.4. The van der Waals surface area contributed by atoms with Gasteiger partial charge in [0.05, 0.1) is 25.8 Å². The van der Waals surface area contributed by atoms with E-state index in [2.05, 4.69) is 5.32 Å². The molecule has 116 valence electrons. The number of phenolic OH excluding ortho intramolecular Hbond substituents is 2. The Hall–Kier alpha value is -1.04. The second-order valence-electron chi connectivity index (χ2n) is 4.12. The van der Waals surface area contributed by atoms with Gasteiger partial charge in [-0.15, -0.1) is 0 Å². The van der Waals surface area contributed by atoms with Crippen molar-refractivity contribution in [3.8, 4) is 11.5 Å². The zero-order chi connectivity index (χ0) is 16.6. The maximum absolute atomic E-state index is 12.2. The zero-order valence-corrected chi connectivity index (χ0v) is 14.2. The molecule has 2 aromatic rings. The lowest BCUT2D eigenvalue weighted by Crippen LogP contribution is -2.13. The highest BCUT2D eigenvalue weighted by Crippen LogP contribution is 2.40. The minimum Gasteiger partial charge on any atom is -0.507 e. The van der Waals surface area contributed by atoms with Gasteiger partial charge in [0.1, 0.15) is 11.3 Å². The fraction of sp³-hybridized carbons (Fsp3) is 0. The molecule has 2 rings (SSSR count). The minimum atomic E-state index is -0.824. The molecule has 0 unspecified atom stereocenters. The Balaban J connectivity index is 2.45. The van der Waals surface area contributed by atoms with Gasteiger partial charge in [-0.3, -0.25) is 4.79 Å². The summed E-state index contributed by atoms with van der Waals surface area (Å²) in [5, 5.41) is 21.8. The van der Waals surface area contributed by atoms with Crippen molar-refractivity contribution >= 4 is 69.6 Å². The Morgan fingerprint density at radius 3 is 2.18 bits per heavy atom. The average molecular weight is 401 g/mol. The summed E-state index contributed by atoms with van der Waals surface area (Å²) in [7, 11) is 0. The first-order chi connectivity index (χ1) is 10.2. The molecule has 0 bridgehead atoms. The third kappa shape index (κ3) is 3.31. The number of halogens is 5. The van der Waals surface area contributed by atoms with Crippen molar-refractivity contribution < 1.29 is 15.0 Å². The molecule has 0 heterocycles. The van der Waals surface area contributed by atoms with E-state index < -0.39 is 11.7 Å². The first-order valence-corrected chi connectivity index (χ1v) is 7.47. The second-order valence-corrected chi connectivity index (χ2v) is 6.13. The standard InChI is InChI=1S/C13H6Cl5NO3/c14-4-1-6(16)12(21)7(2-4)19-13(22)9-8(20)3-5(15)10(17)11(9)18/h1-3,20-21H,(H,19,22). The summed E-state index contributed by atoms with van der Waals surface area (Å²) in [6.07, 6.45) is 0. The normalized spacial score (nSPS) is 10.6. The maximum Gasteiger partial charge on any atom is 0.261 e. The quantitative estimate of drug-likeness (QED) is 0.452. The third-order valence-corrected chi connectivity index (χ3v) is 4.41. The summed E-state index contributed by atoms with van der Waals surface area (Å²) in [5.41, 5.74) is -0.351. The summed E-state index contributed by atoms with van der Waals surface area (Å²) in [4.78, 5) is 12.2. The first kappa shape index (κ1) is 17.3. The fourth-order valence-electron chi connectivity index (χ4n) is 1.64. The molecule has 4 nitrogen and oxygen atoms in total. The number of amides is 1. The number of rotatable bonds is 2. The molecule has 0 radical (unpaired) electrons. The number of hydrogen-bond acceptors (Lipinski definition) is 3. The van der Waals surface area contributed by atoms with E-state index in [1.807, 2.05) is 0 Å². The Morgan fingerprint density at radius 1 is 0.909 bits per heavy atom.